The highest BCUT2D eigenvalue weighted by Gasteiger charge is 2.64. The van der Waals surface area contributed by atoms with E-state index >= 15 is 0 Å². The molecule has 0 saturated heterocycles. The van der Waals surface area contributed by atoms with Gasteiger partial charge in [-0.05, 0) is 5.56 Å². The maximum Gasteiger partial charge on any atom is 0.463 e. The number of hydrogen-bond acceptors (Lipinski definition) is 2. The van der Waals surface area contributed by atoms with Crippen molar-refractivity contribution < 1.29 is 31.5 Å². The van der Waals surface area contributed by atoms with E-state index in [1.165, 1.54) is 19.2 Å². The lowest BCUT2D eigenvalue weighted by Gasteiger charge is -2.28. The number of halogens is 5. The topological polar surface area (TPSA) is 29.5 Å². The van der Waals surface area contributed by atoms with Crippen LogP contribution in [0.2, 0.25) is 0 Å². The Morgan fingerprint density at radius 3 is 2.19 bits per heavy atom. The lowest BCUT2D eigenvalue weighted by atomic mass is 10.2. The third-order valence-electron chi connectivity index (χ3n) is 2.69. The predicted molar refractivity (Wildman–Crippen MR) is 64.7 cm³/mol. The van der Waals surface area contributed by atoms with Gasteiger partial charge < -0.3 is 9.64 Å². The molecule has 1 aromatic rings. The summed E-state index contributed by atoms with van der Waals surface area (Å²) in [7, 11) is 1.26. The molecule has 0 unspecified atom stereocenters. The molecule has 8 heteroatoms. The fourth-order valence-corrected chi connectivity index (χ4v) is 1.58. The first-order valence-corrected chi connectivity index (χ1v) is 5.97. The van der Waals surface area contributed by atoms with Crippen molar-refractivity contribution in [1.82, 2.24) is 4.90 Å². The van der Waals surface area contributed by atoms with Gasteiger partial charge >= 0.3 is 18.0 Å². The van der Waals surface area contributed by atoms with Gasteiger partial charge in [0.05, 0.1) is 6.61 Å². The van der Waals surface area contributed by atoms with E-state index in [0.717, 1.165) is 0 Å². The van der Waals surface area contributed by atoms with Gasteiger partial charge in [-0.2, -0.15) is 22.0 Å². The maximum absolute atomic E-state index is 13.1. The number of rotatable bonds is 6. The summed E-state index contributed by atoms with van der Waals surface area (Å²) in [5.41, 5.74) is 0.444. The van der Waals surface area contributed by atoms with Crippen LogP contribution in [0.1, 0.15) is 5.56 Å². The minimum Gasteiger partial charge on any atom is -0.383 e. The number of benzene rings is 1. The Bertz CT molecular complexity index is 461. The lowest BCUT2D eigenvalue weighted by Crippen LogP contribution is -2.52. The molecular weight excluding hydrogens is 297 g/mol. The van der Waals surface area contributed by atoms with Gasteiger partial charge in [-0.25, -0.2) is 0 Å². The maximum atomic E-state index is 13.1. The molecule has 0 aromatic heterocycles. The summed E-state index contributed by atoms with van der Waals surface area (Å²) in [6.45, 7) is -0.864. The van der Waals surface area contributed by atoms with E-state index in [1.54, 1.807) is 18.2 Å². The zero-order chi connectivity index (χ0) is 16.1. The molecular formula is C13H14F5NO2. The Morgan fingerprint density at radius 1 is 1.14 bits per heavy atom. The van der Waals surface area contributed by atoms with E-state index in [9.17, 15) is 26.7 Å². The van der Waals surface area contributed by atoms with E-state index < -0.39 is 18.0 Å². The monoisotopic (exact) mass is 311 g/mol. The van der Waals surface area contributed by atoms with Crippen LogP contribution in [-0.4, -0.2) is 43.2 Å². The largest absolute Gasteiger partial charge is 0.463 e. The Hall–Kier alpha value is -1.70. The summed E-state index contributed by atoms with van der Waals surface area (Å²) in [5.74, 6) is -7.70. The summed E-state index contributed by atoms with van der Waals surface area (Å²) in [4.78, 5) is 12.0. The molecule has 0 aliphatic carbocycles. The standard InChI is InChI=1S/C13H14F5NO2/c1-21-8-7-19(9-10-5-3-2-4-6-10)11(20)12(14,15)13(16,17)18/h2-6H,7-9H2,1H3. The van der Waals surface area contributed by atoms with Gasteiger partial charge in [-0.3, -0.25) is 4.79 Å². The van der Waals surface area contributed by atoms with Crippen molar-refractivity contribution in [3.63, 3.8) is 0 Å². The molecule has 0 fully saturated rings. The second-order valence-electron chi connectivity index (χ2n) is 4.28. The van der Waals surface area contributed by atoms with Crippen LogP contribution < -0.4 is 0 Å². The molecule has 118 valence electrons. The van der Waals surface area contributed by atoms with Crippen molar-refractivity contribution in [3.05, 3.63) is 35.9 Å². The van der Waals surface area contributed by atoms with Gasteiger partial charge in [0.25, 0.3) is 0 Å². The van der Waals surface area contributed by atoms with Crippen LogP contribution in [0.4, 0.5) is 22.0 Å². The van der Waals surface area contributed by atoms with E-state index in [0.29, 0.717) is 10.5 Å². The Kier molecular flexibility index (Phi) is 5.65. The number of ether oxygens (including phenoxy) is 1. The van der Waals surface area contributed by atoms with Gasteiger partial charge in [0.2, 0.25) is 0 Å². The summed E-state index contributed by atoms with van der Waals surface area (Å²) in [5, 5.41) is 0. The zero-order valence-electron chi connectivity index (χ0n) is 11.2. The average molecular weight is 311 g/mol. The molecule has 0 spiro atoms. The van der Waals surface area contributed by atoms with E-state index in [2.05, 4.69) is 4.74 Å². The molecule has 0 aliphatic heterocycles. The summed E-state index contributed by atoms with van der Waals surface area (Å²) in [6.07, 6.45) is -5.92. The average Bonchev–Trinajstić information content (AvgIpc) is 2.42. The summed E-state index contributed by atoms with van der Waals surface area (Å²) in [6, 6.07) is 7.90. The van der Waals surface area contributed by atoms with E-state index in [4.69, 9.17) is 0 Å². The second-order valence-corrected chi connectivity index (χ2v) is 4.28. The smallest absolute Gasteiger partial charge is 0.383 e. The van der Waals surface area contributed by atoms with Crippen LogP contribution >= 0.6 is 0 Å². The second kappa shape index (κ2) is 6.84. The summed E-state index contributed by atoms with van der Waals surface area (Å²) >= 11 is 0. The molecule has 0 N–H and O–H groups in total. The number of nitrogens with zero attached hydrogens (tertiary/aromatic N) is 1. The molecule has 0 aliphatic rings. The van der Waals surface area contributed by atoms with Crippen molar-refractivity contribution >= 4 is 5.91 Å². The first-order chi connectivity index (χ1) is 9.70. The minimum atomic E-state index is -5.92. The number of hydrogen-bond donors (Lipinski definition) is 0. The van der Waals surface area contributed by atoms with E-state index in [1.807, 2.05) is 0 Å². The molecule has 0 bridgehead atoms. The van der Waals surface area contributed by atoms with Crippen molar-refractivity contribution in [1.29, 1.82) is 0 Å². The first kappa shape index (κ1) is 17.4. The van der Waals surface area contributed by atoms with Crippen LogP contribution in [0, 0.1) is 0 Å². The van der Waals surface area contributed by atoms with Crippen molar-refractivity contribution in [3.8, 4) is 0 Å². The molecule has 1 amide bonds. The lowest BCUT2D eigenvalue weighted by molar-refractivity contribution is -0.274. The van der Waals surface area contributed by atoms with Crippen LogP contribution in [0.25, 0.3) is 0 Å². The highest BCUT2D eigenvalue weighted by atomic mass is 19.4. The number of amides is 1. The van der Waals surface area contributed by atoms with Gasteiger partial charge in [0, 0.05) is 20.2 Å². The van der Waals surface area contributed by atoms with Gasteiger partial charge in [0.1, 0.15) is 0 Å². The highest BCUT2D eigenvalue weighted by molar-refractivity contribution is 5.84. The molecule has 1 rings (SSSR count). The number of methoxy groups -OCH3 is 1. The number of carbonyl (C=O) groups excluding carboxylic acids is 1. The Balaban J connectivity index is 2.94. The number of carbonyl (C=O) groups is 1. The van der Waals surface area contributed by atoms with Crippen molar-refractivity contribution in [2.45, 2.75) is 18.6 Å². The Labute approximate surface area is 118 Å². The molecule has 3 nitrogen and oxygen atoms in total. The van der Waals surface area contributed by atoms with Gasteiger partial charge in [-0.15, -0.1) is 0 Å². The highest BCUT2D eigenvalue weighted by Crippen LogP contribution is 2.37. The fraction of sp³-hybridized carbons (Fsp3) is 0.462. The Morgan fingerprint density at radius 2 is 1.71 bits per heavy atom. The third kappa shape index (κ3) is 4.38. The van der Waals surface area contributed by atoms with Gasteiger partial charge in [0.15, 0.2) is 0 Å². The first-order valence-electron chi connectivity index (χ1n) is 5.97. The minimum absolute atomic E-state index is 0.146. The molecule has 0 atom stereocenters. The van der Waals surface area contributed by atoms with Crippen LogP contribution in [-0.2, 0) is 16.1 Å². The van der Waals surface area contributed by atoms with Crippen LogP contribution in [0.5, 0.6) is 0 Å². The van der Waals surface area contributed by atoms with Gasteiger partial charge in [-0.1, -0.05) is 30.3 Å². The SMILES string of the molecule is COCCN(Cc1ccccc1)C(=O)C(F)(F)C(F)(F)F. The quantitative estimate of drug-likeness (QED) is 0.756. The molecule has 21 heavy (non-hydrogen) atoms. The molecule has 0 heterocycles. The summed E-state index contributed by atoms with van der Waals surface area (Å²) < 4.78 is 67.8. The predicted octanol–water partition coefficient (Wildman–Crippen LogP) is 2.86. The molecule has 0 saturated carbocycles. The van der Waals surface area contributed by atoms with E-state index in [-0.39, 0.29) is 19.7 Å². The van der Waals surface area contributed by atoms with Crippen LogP contribution in [0.15, 0.2) is 30.3 Å². The molecule has 1 aromatic carbocycles. The zero-order valence-corrected chi connectivity index (χ0v) is 11.2. The molecule has 0 radical (unpaired) electrons. The van der Waals surface area contributed by atoms with Crippen LogP contribution in [0.3, 0.4) is 0 Å². The van der Waals surface area contributed by atoms with Crippen molar-refractivity contribution in [2.24, 2.45) is 0 Å². The fourth-order valence-electron chi connectivity index (χ4n) is 1.58. The van der Waals surface area contributed by atoms with Crippen molar-refractivity contribution in [2.75, 3.05) is 20.3 Å². The number of alkyl halides is 5. The normalized spacial score (nSPS) is 12.3. The third-order valence-corrected chi connectivity index (χ3v) is 2.69.